The van der Waals surface area contributed by atoms with Crippen molar-refractivity contribution in [1.82, 2.24) is 0 Å². The number of rotatable bonds is 4. The van der Waals surface area contributed by atoms with Gasteiger partial charge in [0.1, 0.15) is 17.6 Å². The molecule has 0 saturated heterocycles. The maximum atomic E-state index is 11.5. The van der Waals surface area contributed by atoms with Crippen LogP contribution in [-0.2, 0) is 16.0 Å². The van der Waals surface area contributed by atoms with Gasteiger partial charge in [-0.2, -0.15) is 0 Å². The fourth-order valence-electron chi connectivity index (χ4n) is 1.49. The van der Waals surface area contributed by atoms with Gasteiger partial charge in [-0.15, -0.1) is 0 Å². The first-order chi connectivity index (χ1) is 8.81. The van der Waals surface area contributed by atoms with Gasteiger partial charge in [0.2, 0.25) is 0 Å². The molecule has 0 atom stereocenters. The third kappa shape index (κ3) is 5.42. The van der Waals surface area contributed by atoms with E-state index in [1.807, 2.05) is 0 Å². The summed E-state index contributed by atoms with van der Waals surface area (Å²) in [5, 5.41) is 12.3. The Labute approximate surface area is 112 Å². The van der Waals surface area contributed by atoms with Crippen molar-refractivity contribution >= 4 is 18.1 Å². The predicted molar refractivity (Wildman–Crippen MR) is 72.3 cm³/mol. The van der Waals surface area contributed by atoms with Crippen LogP contribution in [0.3, 0.4) is 0 Å². The topological polar surface area (TPSA) is 75.6 Å². The minimum Gasteiger partial charge on any atom is -0.508 e. The number of anilines is 1. The SMILES string of the molecule is CC(C)(C)OC(=O)Nc1ccc(CCC=O)c(O)c1. The van der Waals surface area contributed by atoms with Gasteiger partial charge in [-0.1, -0.05) is 6.07 Å². The van der Waals surface area contributed by atoms with E-state index in [0.29, 0.717) is 24.1 Å². The second kappa shape index (κ2) is 6.22. The highest BCUT2D eigenvalue weighted by atomic mass is 16.6. The molecule has 0 bridgehead atoms. The lowest BCUT2D eigenvalue weighted by Gasteiger charge is -2.19. The largest absolute Gasteiger partial charge is 0.508 e. The summed E-state index contributed by atoms with van der Waals surface area (Å²) in [6.07, 6.45) is 1.05. The van der Waals surface area contributed by atoms with E-state index in [1.165, 1.54) is 6.07 Å². The molecule has 5 heteroatoms. The molecule has 0 radical (unpaired) electrons. The number of hydrogen-bond acceptors (Lipinski definition) is 4. The number of carbonyl (C=O) groups is 2. The van der Waals surface area contributed by atoms with Crippen LogP contribution >= 0.6 is 0 Å². The third-order valence-electron chi connectivity index (χ3n) is 2.26. The zero-order valence-electron chi connectivity index (χ0n) is 11.4. The Hall–Kier alpha value is -2.04. The first-order valence-electron chi connectivity index (χ1n) is 6.07. The molecule has 1 rings (SSSR count). The number of benzene rings is 1. The molecule has 0 aromatic heterocycles. The van der Waals surface area contributed by atoms with Crippen LogP contribution in [0.2, 0.25) is 0 Å². The minimum atomic E-state index is -0.576. The Kier molecular flexibility index (Phi) is 4.92. The highest BCUT2D eigenvalue weighted by Crippen LogP contribution is 2.23. The molecule has 2 N–H and O–H groups in total. The molecule has 1 amide bonds. The van der Waals surface area contributed by atoms with Crippen molar-refractivity contribution in [3.8, 4) is 5.75 Å². The summed E-state index contributed by atoms with van der Waals surface area (Å²) < 4.78 is 5.10. The number of nitrogens with one attached hydrogen (secondary N) is 1. The molecule has 0 saturated carbocycles. The lowest BCUT2D eigenvalue weighted by molar-refractivity contribution is -0.107. The number of amides is 1. The Balaban J connectivity index is 2.68. The molecule has 19 heavy (non-hydrogen) atoms. The molecule has 0 unspecified atom stereocenters. The Morgan fingerprint density at radius 3 is 2.63 bits per heavy atom. The molecule has 1 aromatic rings. The number of carbonyl (C=O) groups excluding carboxylic acids is 2. The number of aldehydes is 1. The molecular formula is C14H19NO4. The number of phenols is 1. The summed E-state index contributed by atoms with van der Waals surface area (Å²) in [6, 6.07) is 4.76. The summed E-state index contributed by atoms with van der Waals surface area (Å²) in [7, 11) is 0. The zero-order chi connectivity index (χ0) is 14.5. The Morgan fingerprint density at radius 1 is 1.42 bits per heavy atom. The fourth-order valence-corrected chi connectivity index (χ4v) is 1.49. The minimum absolute atomic E-state index is 0.0513. The van der Waals surface area contributed by atoms with Gasteiger partial charge >= 0.3 is 6.09 Å². The van der Waals surface area contributed by atoms with E-state index < -0.39 is 11.7 Å². The van der Waals surface area contributed by atoms with Gasteiger partial charge in [-0.25, -0.2) is 4.79 Å². The molecule has 1 aromatic carbocycles. The van der Waals surface area contributed by atoms with Gasteiger partial charge in [-0.05, 0) is 38.8 Å². The van der Waals surface area contributed by atoms with E-state index in [4.69, 9.17) is 4.74 Å². The smallest absolute Gasteiger partial charge is 0.412 e. The average Bonchev–Trinajstić information content (AvgIpc) is 2.25. The summed E-state index contributed by atoms with van der Waals surface area (Å²) in [4.78, 5) is 21.8. The van der Waals surface area contributed by atoms with Gasteiger partial charge in [0.05, 0.1) is 0 Å². The Morgan fingerprint density at radius 2 is 2.11 bits per heavy atom. The van der Waals surface area contributed by atoms with E-state index in [-0.39, 0.29) is 5.75 Å². The number of hydrogen-bond donors (Lipinski definition) is 2. The van der Waals surface area contributed by atoms with Crippen molar-refractivity contribution in [2.45, 2.75) is 39.2 Å². The third-order valence-corrected chi connectivity index (χ3v) is 2.26. The number of aromatic hydroxyl groups is 1. The highest BCUT2D eigenvalue weighted by molar-refractivity contribution is 5.85. The first-order valence-corrected chi connectivity index (χ1v) is 6.07. The quantitative estimate of drug-likeness (QED) is 0.821. The van der Waals surface area contributed by atoms with Gasteiger partial charge in [0, 0.05) is 18.2 Å². The van der Waals surface area contributed by atoms with Crippen molar-refractivity contribution < 1.29 is 19.4 Å². The molecule has 0 spiro atoms. The van der Waals surface area contributed by atoms with Gasteiger partial charge < -0.3 is 14.6 Å². The molecule has 0 aliphatic heterocycles. The monoisotopic (exact) mass is 265 g/mol. The van der Waals surface area contributed by atoms with Crippen molar-refractivity contribution in [2.24, 2.45) is 0 Å². The van der Waals surface area contributed by atoms with Crippen molar-refractivity contribution in [1.29, 1.82) is 0 Å². The number of ether oxygens (including phenoxy) is 1. The molecular weight excluding hydrogens is 246 g/mol. The van der Waals surface area contributed by atoms with E-state index in [2.05, 4.69) is 5.32 Å². The van der Waals surface area contributed by atoms with Crippen LogP contribution in [0.25, 0.3) is 0 Å². The van der Waals surface area contributed by atoms with Crippen LogP contribution in [-0.4, -0.2) is 23.1 Å². The molecule has 0 aliphatic rings. The molecule has 0 heterocycles. The number of phenolic OH excluding ortho intramolecular Hbond substituents is 1. The van der Waals surface area contributed by atoms with E-state index in [0.717, 1.165) is 6.29 Å². The van der Waals surface area contributed by atoms with Crippen molar-refractivity contribution in [3.63, 3.8) is 0 Å². The second-order valence-electron chi connectivity index (χ2n) is 5.18. The fraction of sp³-hybridized carbons (Fsp3) is 0.429. The van der Waals surface area contributed by atoms with Crippen LogP contribution in [0, 0.1) is 0 Å². The van der Waals surface area contributed by atoms with E-state index >= 15 is 0 Å². The summed E-state index contributed by atoms with van der Waals surface area (Å²) in [5.74, 6) is 0.0513. The molecule has 0 aliphatic carbocycles. The van der Waals surface area contributed by atoms with Crippen molar-refractivity contribution in [2.75, 3.05) is 5.32 Å². The maximum Gasteiger partial charge on any atom is 0.412 e. The normalized spacial score (nSPS) is 10.9. The average molecular weight is 265 g/mol. The molecule has 0 fully saturated rings. The van der Waals surface area contributed by atoms with Crippen LogP contribution in [0.4, 0.5) is 10.5 Å². The van der Waals surface area contributed by atoms with Crippen LogP contribution < -0.4 is 5.32 Å². The predicted octanol–water partition coefficient (Wildman–Crippen LogP) is 2.87. The summed E-state index contributed by atoms with van der Waals surface area (Å²) in [5.41, 5.74) is 0.541. The highest BCUT2D eigenvalue weighted by Gasteiger charge is 2.16. The standard InChI is InChI=1S/C14H19NO4/c1-14(2,3)19-13(18)15-11-7-6-10(5-4-8-16)12(17)9-11/h6-9,17H,4-5H2,1-3H3,(H,15,18). The summed E-state index contributed by atoms with van der Waals surface area (Å²) in [6.45, 7) is 5.31. The first kappa shape index (κ1) is 15.0. The van der Waals surface area contributed by atoms with E-state index in [9.17, 15) is 14.7 Å². The number of aryl methyl sites for hydroxylation is 1. The van der Waals surface area contributed by atoms with Crippen LogP contribution in [0.1, 0.15) is 32.8 Å². The lowest BCUT2D eigenvalue weighted by Crippen LogP contribution is -2.27. The maximum absolute atomic E-state index is 11.5. The van der Waals surface area contributed by atoms with Crippen molar-refractivity contribution in [3.05, 3.63) is 23.8 Å². The van der Waals surface area contributed by atoms with E-state index in [1.54, 1.807) is 32.9 Å². The summed E-state index contributed by atoms with van der Waals surface area (Å²) >= 11 is 0. The molecule has 5 nitrogen and oxygen atoms in total. The lowest BCUT2D eigenvalue weighted by atomic mass is 10.1. The van der Waals surface area contributed by atoms with Gasteiger partial charge in [0.15, 0.2) is 0 Å². The van der Waals surface area contributed by atoms with Gasteiger partial charge in [0.25, 0.3) is 0 Å². The Bertz CT molecular complexity index is 463. The second-order valence-corrected chi connectivity index (χ2v) is 5.18. The van der Waals surface area contributed by atoms with Crippen LogP contribution in [0.5, 0.6) is 5.75 Å². The van der Waals surface area contributed by atoms with Crippen LogP contribution in [0.15, 0.2) is 18.2 Å². The molecule has 104 valence electrons. The zero-order valence-corrected chi connectivity index (χ0v) is 11.4. The van der Waals surface area contributed by atoms with Gasteiger partial charge in [-0.3, -0.25) is 5.32 Å².